The van der Waals surface area contributed by atoms with Crippen molar-refractivity contribution in [2.75, 3.05) is 6.54 Å². The van der Waals surface area contributed by atoms with E-state index < -0.39 is 0 Å². The van der Waals surface area contributed by atoms with Crippen molar-refractivity contribution in [2.45, 2.75) is 20.3 Å². The number of rotatable bonds is 3. The van der Waals surface area contributed by atoms with Gasteiger partial charge in [-0.05, 0) is 30.0 Å². The number of halogens is 1. The molecule has 0 fully saturated rings. The van der Waals surface area contributed by atoms with Crippen LogP contribution < -0.4 is 5.73 Å². The van der Waals surface area contributed by atoms with Gasteiger partial charge >= 0.3 is 0 Å². The smallest absolute Gasteiger partial charge is 0.0207 e. The molecule has 0 saturated carbocycles. The Kier molecular flexibility index (Phi) is 3.51. The Bertz CT molecular complexity index is 281. The molecule has 1 aromatic rings. The van der Waals surface area contributed by atoms with Crippen molar-refractivity contribution in [1.29, 1.82) is 0 Å². The second-order valence-electron chi connectivity index (χ2n) is 4.14. The van der Waals surface area contributed by atoms with Crippen molar-refractivity contribution < 1.29 is 0 Å². The highest BCUT2D eigenvalue weighted by Crippen LogP contribution is 2.25. The van der Waals surface area contributed by atoms with Crippen LogP contribution in [0.4, 0.5) is 0 Å². The van der Waals surface area contributed by atoms with Crippen LogP contribution in [0.3, 0.4) is 0 Å². The average Bonchev–Trinajstić information content (AvgIpc) is 2.09. The topological polar surface area (TPSA) is 26.0 Å². The molecule has 0 atom stereocenters. The second-order valence-corrected chi connectivity index (χ2v) is 4.99. The van der Waals surface area contributed by atoms with Crippen LogP contribution in [0.2, 0.25) is 0 Å². The van der Waals surface area contributed by atoms with E-state index in [0.29, 0.717) is 6.54 Å². The third kappa shape index (κ3) is 3.12. The lowest BCUT2D eigenvalue weighted by Crippen LogP contribution is -2.26. The van der Waals surface area contributed by atoms with Crippen LogP contribution in [0.25, 0.3) is 0 Å². The van der Waals surface area contributed by atoms with Gasteiger partial charge in [-0.3, -0.25) is 0 Å². The predicted molar refractivity (Wildman–Crippen MR) is 60.7 cm³/mol. The molecule has 0 radical (unpaired) electrons. The van der Waals surface area contributed by atoms with Crippen LogP contribution in [-0.4, -0.2) is 6.54 Å². The van der Waals surface area contributed by atoms with E-state index in [1.54, 1.807) is 0 Å². The van der Waals surface area contributed by atoms with Crippen molar-refractivity contribution in [3.8, 4) is 0 Å². The predicted octanol–water partition coefficient (Wildman–Crippen LogP) is 2.98. The molecule has 0 aliphatic rings. The highest BCUT2D eigenvalue weighted by Gasteiger charge is 2.17. The Labute approximate surface area is 88.5 Å². The van der Waals surface area contributed by atoms with Crippen LogP contribution in [0, 0.1) is 5.41 Å². The van der Waals surface area contributed by atoms with E-state index in [2.05, 4.69) is 48.0 Å². The highest BCUT2D eigenvalue weighted by molar-refractivity contribution is 9.10. The third-order valence-electron chi connectivity index (χ3n) is 2.18. The zero-order chi connectivity index (χ0) is 9.90. The third-order valence-corrected chi connectivity index (χ3v) is 2.95. The largest absolute Gasteiger partial charge is 0.330 e. The summed E-state index contributed by atoms with van der Waals surface area (Å²) < 4.78 is 1.18. The molecular weight excluding hydrogens is 226 g/mol. The van der Waals surface area contributed by atoms with E-state index in [1.165, 1.54) is 10.0 Å². The standard InChI is InChI=1S/C11H16BrN/c1-11(2,8-13)7-9-5-3-4-6-10(9)12/h3-6H,7-8,13H2,1-2H3. The van der Waals surface area contributed by atoms with Crippen LogP contribution in [0.1, 0.15) is 19.4 Å². The molecule has 0 aliphatic heterocycles. The van der Waals surface area contributed by atoms with Crippen molar-refractivity contribution >= 4 is 15.9 Å². The van der Waals surface area contributed by atoms with E-state index >= 15 is 0 Å². The maximum absolute atomic E-state index is 5.69. The molecular formula is C11H16BrN. The summed E-state index contributed by atoms with van der Waals surface area (Å²) >= 11 is 3.54. The maximum Gasteiger partial charge on any atom is 0.0207 e. The van der Waals surface area contributed by atoms with E-state index in [1.807, 2.05) is 6.07 Å². The fraction of sp³-hybridized carbons (Fsp3) is 0.455. The summed E-state index contributed by atoms with van der Waals surface area (Å²) in [4.78, 5) is 0. The lowest BCUT2D eigenvalue weighted by Gasteiger charge is -2.22. The first-order valence-corrected chi connectivity index (χ1v) is 5.28. The summed E-state index contributed by atoms with van der Waals surface area (Å²) in [6.45, 7) is 5.09. The fourth-order valence-corrected chi connectivity index (χ4v) is 1.65. The van der Waals surface area contributed by atoms with Gasteiger partial charge in [-0.2, -0.15) is 0 Å². The van der Waals surface area contributed by atoms with Gasteiger partial charge in [-0.1, -0.05) is 48.0 Å². The van der Waals surface area contributed by atoms with Crippen LogP contribution in [0.15, 0.2) is 28.7 Å². The van der Waals surface area contributed by atoms with Crippen molar-refractivity contribution in [3.05, 3.63) is 34.3 Å². The first kappa shape index (κ1) is 10.7. The SMILES string of the molecule is CC(C)(CN)Cc1ccccc1Br. The molecule has 13 heavy (non-hydrogen) atoms. The van der Waals surface area contributed by atoms with Crippen molar-refractivity contribution in [2.24, 2.45) is 11.1 Å². The second kappa shape index (κ2) is 4.25. The quantitative estimate of drug-likeness (QED) is 0.866. The first-order chi connectivity index (χ1) is 6.05. The number of nitrogens with two attached hydrogens (primary N) is 1. The van der Waals surface area contributed by atoms with E-state index in [4.69, 9.17) is 5.73 Å². The summed E-state index contributed by atoms with van der Waals surface area (Å²) in [5.74, 6) is 0. The molecule has 0 spiro atoms. The average molecular weight is 242 g/mol. The van der Waals surface area contributed by atoms with E-state index in [-0.39, 0.29) is 5.41 Å². The summed E-state index contributed by atoms with van der Waals surface area (Å²) in [7, 11) is 0. The molecule has 0 aromatic heterocycles. The van der Waals surface area contributed by atoms with Gasteiger partial charge in [-0.25, -0.2) is 0 Å². The van der Waals surface area contributed by atoms with Crippen LogP contribution in [-0.2, 0) is 6.42 Å². The van der Waals surface area contributed by atoms with Gasteiger partial charge < -0.3 is 5.73 Å². The summed E-state index contributed by atoms with van der Waals surface area (Å²) in [6.07, 6.45) is 1.02. The summed E-state index contributed by atoms with van der Waals surface area (Å²) in [5, 5.41) is 0. The van der Waals surface area contributed by atoms with Crippen molar-refractivity contribution in [1.82, 2.24) is 0 Å². The molecule has 0 saturated heterocycles. The first-order valence-electron chi connectivity index (χ1n) is 4.49. The Morgan fingerprint density at radius 1 is 1.31 bits per heavy atom. The number of hydrogen-bond acceptors (Lipinski definition) is 1. The maximum atomic E-state index is 5.69. The van der Waals surface area contributed by atoms with Crippen LogP contribution in [0.5, 0.6) is 0 Å². The molecule has 2 heteroatoms. The van der Waals surface area contributed by atoms with Gasteiger partial charge in [0, 0.05) is 4.47 Å². The Hall–Kier alpha value is -0.340. The van der Waals surface area contributed by atoms with Gasteiger partial charge in [0.15, 0.2) is 0 Å². The van der Waals surface area contributed by atoms with Crippen molar-refractivity contribution in [3.63, 3.8) is 0 Å². The number of hydrogen-bond donors (Lipinski definition) is 1. The van der Waals surface area contributed by atoms with Gasteiger partial charge in [0.1, 0.15) is 0 Å². The number of benzene rings is 1. The molecule has 72 valence electrons. The lowest BCUT2D eigenvalue weighted by molar-refractivity contribution is 0.376. The van der Waals surface area contributed by atoms with Crippen LogP contribution >= 0.6 is 15.9 Å². The summed E-state index contributed by atoms with van der Waals surface area (Å²) in [6, 6.07) is 8.30. The minimum absolute atomic E-state index is 0.184. The monoisotopic (exact) mass is 241 g/mol. The van der Waals surface area contributed by atoms with Gasteiger partial charge in [0.05, 0.1) is 0 Å². The zero-order valence-corrected chi connectivity index (χ0v) is 9.76. The normalized spacial score (nSPS) is 11.7. The highest BCUT2D eigenvalue weighted by atomic mass is 79.9. The Balaban J connectivity index is 2.80. The summed E-state index contributed by atoms with van der Waals surface area (Å²) in [5.41, 5.74) is 7.20. The molecule has 1 rings (SSSR count). The van der Waals surface area contributed by atoms with Gasteiger partial charge in [-0.15, -0.1) is 0 Å². The Morgan fingerprint density at radius 2 is 1.92 bits per heavy atom. The molecule has 0 bridgehead atoms. The lowest BCUT2D eigenvalue weighted by atomic mass is 9.86. The molecule has 0 aliphatic carbocycles. The van der Waals surface area contributed by atoms with E-state index in [0.717, 1.165) is 6.42 Å². The molecule has 0 amide bonds. The van der Waals surface area contributed by atoms with Gasteiger partial charge in [0.25, 0.3) is 0 Å². The molecule has 1 aromatic carbocycles. The van der Waals surface area contributed by atoms with E-state index in [9.17, 15) is 0 Å². The molecule has 1 nitrogen and oxygen atoms in total. The fourth-order valence-electron chi connectivity index (χ4n) is 1.23. The van der Waals surface area contributed by atoms with Gasteiger partial charge in [0.2, 0.25) is 0 Å². The minimum Gasteiger partial charge on any atom is -0.330 e. The molecule has 0 unspecified atom stereocenters. The molecule has 0 heterocycles. The minimum atomic E-state index is 0.184. The molecule has 2 N–H and O–H groups in total. The zero-order valence-electron chi connectivity index (χ0n) is 8.18. The Morgan fingerprint density at radius 3 is 2.46 bits per heavy atom.